The summed E-state index contributed by atoms with van der Waals surface area (Å²) in [7, 11) is 0. The molecule has 0 radical (unpaired) electrons. The molecule has 3 fully saturated rings. The van der Waals surface area contributed by atoms with Gasteiger partial charge in [-0.25, -0.2) is 0 Å². The van der Waals surface area contributed by atoms with Crippen LogP contribution in [0.2, 0.25) is 0 Å². The molecule has 5 unspecified atom stereocenters. The lowest BCUT2D eigenvalue weighted by Gasteiger charge is -2.49. The van der Waals surface area contributed by atoms with E-state index in [1.54, 1.807) is 13.8 Å². The minimum absolute atomic E-state index is 0.0214. The highest BCUT2D eigenvalue weighted by molar-refractivity contribution is 5.78. The van der Waals surface area contributed by atoms with Crippen molar-refractivity contribution >= 4 is 23.8 Å². The summed E-state index contributed by atoms with van der Waals surface area (Å²) in [6, 6.07) is 36.1. The van der Waals surface area contributed by atoms with Crippen molar-refractivity contribution < 1.29 is 71.7 Å². The van der Waals surface area contributed by atoms with E-state index in [1.807, 2.05) is 142 Å². The maximum absolute atomic E-state index is 14.4. The second kappa shape index (κ2) is 31.6. The molecule has 4 aromatic carbocycles. The smallest absolute Gasteiger partial charge is 0.308 e. The molecule has 80 heavy (non-hydrogen) atoms. The van der Waals surface area contributed by atoms with E-state index in [-0.39, 0.29) is 63.2 Å². The van der Waals surface area contributed by atoms with Gasteiger partial charge in [-0.05, 0) is 54.7 Å². The second-order valence-corrected chi connectivity index (χ2v) is 21.9. The first-order chi connectivity index (χ1) is 38.7. The highest BCUT2D eigenvalue weighted by atomic mass is 16.8. The van der Waals surface area contributed by atoms with Crippen LogP contribution in [0, 0.1) is 11.8 Å². The quantitative estimate of drug-likeness (QED) is 0.0436. The molecule has 3 N–H and O–H groups in total. The number of hydrogen-bond donors (Lipinski definition) is 3. The Morgan fingerprint density at radius 1 is 0.613 bits per heavy atom. The molecular weight excluding hydrogens is 1020 g/mol. The van der Waals surface area contributed by atoms with Gasteiger partial charge in [0.1, 0.15) is 42.7 Å². The molecule has 3 saturated heterocycles. The number of aliphatic hydroxyl groups excluding tert-OH is 1. The molecule has 0 bridgehead atoms. The Balaban J connectivity index is 1.16. The molecule has 17 heteroatoms. The lowest BCUT2D eigenvalue weighted by atomic mass is 9.92. The molecule has 7 rings (SSSR count). The van der Waals surface area contributed by atoms with Gasteiger partial charge in [-0.3, -0.25) is 19.2 Å². The molecule has 14 atom stereocenters. The van der Waals surface area contributed by atoms with E-state index in [1.165, 1.54) is 0 Å². The molecular formula is C63H84N2O15. The standard InChI is InChI=1S/C63H84N2O15/c1-8-47(71-35-43-22-14-10-15-23-43)34-55(69)79-61-56(64-52(66)32-48(30-40(3)4)72-36-44-24-16-11-17-25-44)42(7)76-51(60(61)73-37-45-26-18-12-19-27-45)39-75-63-57(65-53(67)33-49(31-41(5)6)77-54(68)9-2)58(70)59-50(78-63)38-74-62(80-59)46-28-20-13-21-29-46/h10-29,40-42,47-51,56-63,70H,8-9,30-39H2,1-7H3,(H,64,66)(H,65,67)/t42-,47+,48+,49+,50?,51?,56?,57?,58+,59-,60-,61+,62?,63+/m0/s1. The van der Waals surface area contributed by atoms with Gasteiger partial charge >= 0.3 is 11.9 Å². The minimum Gasteiger partial charge on any atom is -0.462 e. The highest BCUT2D eigenvalue weighted by Crippen LogP contribution is 2.36. The molecule has 0 aliphatic carbocycles. The zero-order valence-corrected chi connectivity index (χ0v) is 47.4. The number of carbonyl (C=O) groups excluding carboxylic acids is 4. The van der Waals surface area contributed by atoms with Crippen LogP contribution in [-0.2, 0) is 86.4 Å². The van der Waals surface area contributed by atoms with Crippen LogP contribution in [0.1, 0.15) is 122 Å². The number of esters is 2. The Kier molecular flexibility index (Phi) is 24.5. The maximum atomic E-state index is 14.4. The van der Waals surface area contributed by atoms with E-state index < -0.39 is 104 Å². The lowest BCUT2D eigenvalue weighted by Crippen LogP contribution is -2.68. The summed E-state index contributed by atoms with van der Waals surface area (Å²) in [5, 5.41) is 18.4. The number of carbonyl (C=O) groups is 4. The number of nitrogens with one attached hydrogen (secondary N) is 2. The van der Waals surface area contributed by atoms with E-state index in [2.05, 4.69) is 24.5 Å². The molecule has 17 nitrogen and oxygen atoms in total. The van der Waals surface area contributed by atoms with Crippen LogP contribution in [0.15, 0.2) is 121 Å². The predicted molar refractivity (Wildman–Crippen MR) is 297 cm³/mol. The molecule has 3 heterocycles. The van der Waals surface area contributed by atoms with E-state index in [4.69, 9.17) is 47.4 Å². The van der Waals surface area contributed by atoms with Crippen LogP contribution in [0.4, 0.5) is 0 Å². The fourth-order valence-electron chi connectivity index (χ4n) is 10.3. The van der Waals surface area contributed by atoms with Crippen molar-refractivity contribution in [2.45, 2.75) is 199 Å². The third-order valence-corrected chi connectivity index (χ3v) is 14.4. The number of benzene rings is 4. The average Bonchev–Trinajstić information content (AvgIpc) is 3.48. The SMILES string of the molecule is CCC(=O)O[C@@H](CC(=O)NC1[C@H](OCC2O[C@@H](C)C(NC(=O)C[C@@H](CC(C)C)OCc3ccccc3)[C@@H](OC(=O)C[C@@H](CC)OCc3ccccc3)[C@H]2OCc2ccccc2)OC2COC(c3ccccc3)O[C@@H]2[C@@H]1O)CC(C)C. The van der Waals surface area contributed by atoms with E-state index in [0.717, 1.165) is 22.3 Å². The summed E-state index contributed by atoms with van der Waals surface area (Å²) in [6.45, 7) is 14.0. The zero-order valence-electron chi connectivity index (χ0n) is 47.4. The van der Waals surface area contributed by atoms with Crippen molar-refractivity contribution in [3.63, 3.8) is 0 Å². The first kappa shape index (κ1) is 62.0. The molecule has 436 valence electrons. The van der Waals surface area contributed by atoms with Crippen LogP contribution in [0.5, 0.6) is 0 Å². The van der Waals surface area contributed by atoms with Crippen molar-refractivity contribution in [1.29, 1.82) is 0 Å². The third kappa shape index (κ3) is 19.0. The van der Waals surface area contributed by atoms with Crippen molar-refractivity contribution in [1.82, 2.24) is 10.6 Å². The molecule has 0 aromatic heterocycles. The number of fused-ring (bicyclic) bond motifs is 1. The summed E-state index contributed by atoms with van der Waals surface area (Å²) in [4.78, 5) is 55.4. The van der Waals surface area contributed by atoms with Crippen molar-refractivity contribution in [3.8, 4) is 0 Å². The fraction of sp³-hybridized carbons (Fsp3) is 0.556. The predicted octanol–water partition coefficient (Wildman–Crippen LogP) is 8.62. The number of ether oxygens (including phenoxy) is 10. The lowest BCUT2D eigenvalue weighted by molar-refractivity contribution is -0.348. The molecule has 0 spiro atoms. The van der Waals surface area contributed by atoms with Gasteiger partial charge < -0.3 is 63.1 Å². The van der Waals surface area contributed by atoms with E-state index in [0.29, 0.717) is 32.5 Å². The Morgan fingerprint density at radius 2 is 1.15 bits per heavy atom. The van der Waals surface area contributed by atoms with Crippen LogP contribution in [-0.4, -0.2) is 121 Å². The molecule has 2 amide bonds. The van der Waals surface area contributed by atoms with Crippen molar-refractivity contribution in [2.75, 3.05) is 13.2 Å². The highest BCUT2D eigenvalue weighted by Gasteiger charge is 2.53. The Labute approximate surface area is 471 Å². The van der Waals surface area contributed by atoms with Gasteiger partial charge in [0.2, 0.25) is 11.8 Å². The summed E-state index contributed by atoms with van der Waals surface area (Å²) < 4.78 is 64.2. The van der Waals surface area contributed by atoms with Gasteiger partial charge in [-0.2, -0.15) is 0 Å². The van der Waals surface area contributed by atoms with E-state index >= 15 is 0 Å². The topological polar surface area (TPSA) is 205 Å². The van der Waals surface area contributed by atoms with Gasteiger partial charge in [-0.1, -0.05) is 163 Å². The summed E-state index contributed by atoms with van der Waals surface area (Å²) >= 11 is 0. The first-order valence-corrected chi connectivity index (χ1v) is 28.5. The maximum Gasteiger partial charge on any atom is 0.308 e. The largest absolute Gasteiger partial charge is 0.462 e. The van der Waals surface area contributed by atoms with Crippen LogP contribution in [0.25, 0.3) is 0 Å². The van der Waals surface area contributed by atoms with Gasteiger partial charge in [0.15, 0.2) is 18.7 Å². The minimum atomic E-state index is -1.38. The summed E-state index contributed by atoms with van der Waals surface area (Å²) in [5.74, 6) is -1.51. The Morgan fingerprint density at radius 3 is 1.73 bits per heavy atom. The van der Waals surface area contributed by atoms with Gasteiger partial charge in [0.25, 0.3) is 0 Å². The summed E-state index contributed by atoms with van der Waals surface area (Å²) in [6.07, 6.45) is -9.47. The second-order valence-electron chi connectivity index (χ2n) is 21.9. The van der Waals surface area contributed by atoms with E-state index in [9.17, 15) is 24.3 Å². The Bertz CT molecular complexity index is 2470. The fourth-order valence-corrected chi connectivity index (χ4v) is 10.3. The Hall–Kier alpha value is -5.60. The van der Waals surface area contributed by atoms with Crippen molar-refractivity contribution in [2.24, 2.45) is 11.8 Å². The number of rotatable bonds is 29. The van der Waals surface area contributed by atoms with Crippen molar-refractivity contribution in [3.05, 3.63) is 144 Å². The number of aliphatic hydroxyl groups is 1. The summed E-state index contributed by atoms with van der Waals surface area (Å²) in [5.41, 5.74) is 3.50. The molecule has 3 aliphatic rings. The normalized spacial score (nSPS) is 25.9. The average molecular weight is 1110 g/mol. The molecule has 0 saturated carbocycles. The zero-order chi connectivity index (χ0) is 57.0. The monoisotopic (exact) mass is 1110 g/mol. The van der Waals surface area contributed by atoms with Crippen LogP contribution in [0.3, 0.4) is 0 Å². The molecule has 3 aliphatic heterocycles. The number of amides is 2. The van der Waals surface area contributed by atoms with Crippen LogP contribution < -0.4 is 10.6 Å². The van der Waals surface area contributed by atoms with Crippen LogP contribution >= 0.6 is 0 Å². The first-order valence-electron chi connectivity index (χ1n) is 28.5. The molecule has 4 aromatic rings. The van der Waals surface area contributed by atoms with Gasteiger partial charge in [-0.15, -0.1) is 0 Å². The van der Waals surface area contributed by atoms with Gasteiger partial charge in [0.05, 0.1) is 76.7 Å². The third-order valence-electron chi connectivity index (χ3n) is 14.4. The number of hydrogen-bond acceptors (Lipinski definition) is 15. The van der Waals surface area contributed by atoms with Gasteiger partial charge in [0, 0.05) is 12.0 Å².